The molecule has 1 aliphatic heterocycles. The smallest absolute Gasteiger partial charge is 0.227 e. The topological polar surface area (TPSA) is 85.2 Å². The molecule has 0 aliphatic carbocycles. The lowest BCUT2D eigenvalue weighted by atomic mass is 10.3. The monoisotopic (exact) mass is 254 g/mol. The van der Waals surface area contributed by atoms with Gasteiger partial charge in [-0.25, -0.2) is 4.68 Å². The first-order valence-corrected chi connectivity index (χ1v) is 6.04. The molecular formula is C10H18N6O2. The van der Waals surface area contributed by atoms with Crippen LogP contribution in [0.4, 0.5) is 0 Å². The standard InChI is InChI=1S/C10H18N6O2/c1-15-9(12-13-14-15)8-10(17)11-2-3-16-4-6-18-7-5-16/h2-8H2,1H3,(H,11,17). The number of tetrazole rings is 1. The Bertz CT molecular complexity index is 387. The lowest BCUT2D eigenvalue weighted by molar-refractivity contribution is -0.120. The molecule has 0 spiro atoms. The van der Waals surface area contributed by atoms with Crippen LogP contribution in [-0.4, -0.2) is 70.4 Å². The number of hydrogen-bond donors (Lipinski definition) is 1. The molecule has 1 aromatic rings. The molecule has 1 aromatic heterocycles. The number of nitrogens with zero attached hydrogens (tertiary/aromatic N) is 5. The van der Waals surface area contributed by atoms with Crippen molar-refractivity contribution in [3.8, 4) is 0 Å². The molecule has 2 rings (SSSR count). The number of morpholine rings is 1. The molecule has 100 valence electrons. The van der Waals surface area contributed by atoms with Crippen LogP contribution in [0.3, 0.4) is 0 Å². The number of aromatic nitrogens is 4. The molecule has 18 heavy (non-hydrogen) atoms. The summed E-state index contributed by atoms with van der Waals surface area (Å²) in [5.74, 6) is 0.514. The third kappa shape index (κ3) is 3.74. The molecule has 8 heteroatoms. The lowest BCUT2D eigenvalue weighted by Gasteiger charge is -2.26. The van der Waals surface area contributed by atoms with E-state index in [0.29, 0.717) is 12.4 Å². The molecule has 1 amide bonds. The van der Waals surface area contributed by atoms with Gasteiger partial charge in [-0.05, 0) is 10.4 Å². The first kappa shape index (κ1) is 12.9. The Balaban J connectivity index is 1.64. The second-order valence-electron chi connectivity index (χ2n) is 4.20. The Hall–Kier alpha value is -1.54. The Morgan fingerprint density at radius 1 is 1.44 bits per heavy atom. The summed E-state index contributed by atoms with van der Waals surface area (Å²) in [6.45, 7) is 4.92. The minimum atomic E-state index is -0.0545. The Kier molecular flexibility index (Phi) is 4.59. The maximum absolute atomic E-state index is 11.6. The van der Waals surface area contributed by atoms with Crippen LogP contribution in [-0.2, 0) is 23.0 Å². The normalized spacial score (nSPS) is 16.7. The average molecular weight is 254 g/mol. The molecule has 0 atom stereocenters. The minimum absolute atomic E-state index is 0.0545. The molecule has 1 N–H and O–H groups in total. The highest BCUT2D eigenvalue weighted by atomic mass is 16.5. The zero-order valence-corrected chi connectivity index (χ0v) is 10.5. The van der Waals surface area contributed by atoms with Gasteiger partial charge in [0.15, 0.2) is 5.82 Å². The fraction of sp³-hybridized carbons (Fsp3) is 0.800. The molecule has 0 bridgehead atoms. The lowest BCUT2D eigenvalue weighted by Crippen LogP contribution is -2.41. The SMILES string of the molecule is Cn1nnnc1CC(=O)NCCN1CCOCC1. The van der Waals surface area contributed by atoms with Gasteiger partial charge in [0.1, 0.15) is 0 Å². The van der Waals surface area contributed by atoms with Crippen molar-refractivity contribution in [3.63, 3.8) is 0 Å². The van der Waals surface area contributed by atoms with Crippen LogP contribution in [0.1, 0.15) is 5.82 Å². The number of aryl methyl sites for hydroxylation is 1. The zero-order valence-electron chi connectivity index (χ0n) is 10.5. The van der Waals surface area contributed by atoms with Crippen LogP contribution < -0.4 is 5.32 Å². The number of carbonyl (C=O) groups is 1. The largest absolute Gasteiger partial charge is 0.379 e. The molecule has 1 aliphatic rings. The zero-order chi connectivity index (χ0) is 12.8. The van der Waals surface area contributed by atoms with Gasteiger partial charge in [-0.2, -0.15) is 0 Å². The van der Waals surface area contributed by atoms with Crippen molar-refractivity contribution in [2.75, 3.05) is 39.4 Å². The highest BCUT2D eigenvalue weighted by Crippen LogP contribution is 1.95. The van der Waals surface area contributed by atoms with Crippen molar-refractivity contribution in [1.82, 2.24) is 30.4 Å². The quantitative estimate of drug-likeness (QED) is 0.667. The van der Waals surface area contributed by atoms with Gasteiger partial charge in [-0.1, -0.05) is 0 Å². The average Bonchev–Trinajstić information content (AvgIpc) is 2.76. The molecule has 0 radical (unpaired) electrons. The van der Waals surface area contributed by atoms with E-state index in [9.17, 15) is 4.79 Å². The molecule has 2 heterocycles. The number of hydrogen-bond acceptors (Lipinski definition) is 6. The van der Waals surface area contributed by atoms with Crippen molar-refractivity contribution in [1.29, 1.82) is 0 Å². The third-order valence-electron chi connectivity index (χ3n) is 2.88. The van der Waals surface area contributed by atoms with Gasteiger partial charge in [0, 0.05) is 33.2 Å². The summed E-state index contributed by atoms with van der Waals surface area (Å²) < 4.78 is 6.76. The fourth-order valence-electron chi connectivity index (χ4n) is 1.78. The predicted octanol–water partition coefficient (Wildman–Crippen LogP) is -1.80. The summed E-state index contributed by atoms with van der Waals surface area (Å²) in [7, 11) is 1.72. The Labute approximate surface area is 105 Å². The van der Waals surface area contributed by atoms with Crippen molar-refractivity contribution in [2.24, 2.45) is 7.05 Å². The number of amides is 1. The number of carbonyl (C=O) groups excluding carboxylic acids is 1. The van der Waals surface area contributed by atoms with Gasteiger partial charge >= 0.3 is 0 Å². The van der Waals surface area contributed by atoms with Gasteiger partial charge in [0.2, 0.25) is 5.91 Å². The minimum Gasteiger partial charge on any atom is -0.379 e. The van der Waals surface area contributed by atoms with Gasteiger partial charge in [-0.15, -0.1) is 5.10 Å². The number of nitrogens with one attached hydrogen (secondary N) is 1. The van der Waals surface area contributed by atoms with E-state index in [1.165, 1.54) is 4.68 Å². The highest BCUT2D eigenvalue weighted by Gasteiger charge is 2.11. The second-order valence-corrected chi connectivity index (χ2v) is 4.20. The fourth-order valence-corrected chi connectivity index (χ4v) is 1.78. The number of ether oxygens (including phenoxy) is 1. The van der Waals surface area contributed by atoms with E-state index < -0.39 is 0 Å². The van der Waals surface area contributed by atoms with Gasteiger partial charge in [0.25, 0.3) is 0 Å². The van der Waals surface area contributed by atoms with Crippen molar-refractivity contribution in [2.45, 2.75) is 6.42 Å². The van der Waals surface area contributed by atoms with Crippen LogP contribution in [0.2, 0.25) is 0 Å². The maximum Gasteiger partial charge on any atom is 0.227 e. The van der Waals surface area contributed by atoms with E-state index in [-0.39, 0.29) is 12.3 Å². The van der Waals surface area contributed by atoms with Crippen LogP contribution in [0.15, 0.2) is 0 Å². The van der Waals surface area contributed by atoms with E-state index in [2.05, 4.69) is 25.7 Å². The van der Waals surface area contributed by atoms with Crippen LogP contribution in [0, 0.1) is 0 Å². The van der Waals surface area contributed by atoms with Crippen molar-refractivity contribution >= 4 is 5.91 Å². The van der Waals surface area contributed by atoms with Gasteiger partial charge in [0.05, 0.1) is 19.6 Å². The molecular weight excluding hydrogens is 236 g/mol. The third-order valence-corrected chi connectivity index (χ3v) is 2.88. The second kappa shape index (κ2) is 6.41. The molecule has 1 saturated heterocycles. The first-order valence-electron chi connectivity index (χ1n) is 6.04. The molecule has 1 fully saturated rings. The summed E-state index contributed by atoms with van der Waals surface area (Å²) in [6, 6.07) is 0. The summed E-state index contributed by atoms with van der Waals surface area (Å²) in [5, 5.41) is 13.8. The van der Waals surface area contributed by atoms with E-state index in [1.807, 2.05) is 0 Å². The van der Waals surface area contributed by atoms with E-state index in [1.54, 1.807) is 7.05 Å². The summed E-state index contributed by atoms with van der Waals surface area (Å²) in [5.41, 5.74) is 0. The first-order chi connectivity index (χ1) is 8.75. The van der Waals surface area contributed by atoms with Crippen LogP contribution in [0.5, 0.6) is 0 Å². The van der Waals surface area contributed by atoms with Crippen molar-refractivity contribution in [3.05, 3.63) is 5.82 Å². The van der Waals surface area contributed by atoms with E-state index in [4.69, 9.17) is 4.74 Å². The predicted molar refractivity (Wildman–Crippen MR) is 62.8 cm³/mol. The van der Waals surface area contributed by atoms with Crippen LogP contribution >= 0.6 is 0 Å². The molecule has 0 aromatic carbocycles. The summed E-state index contributed by atoms with van der Waals surface area (Å²) >= 11 is 0. The Morgan fingerprint density at radius 3 is 2.89 bits per heavy atom. The maximum atomic E-state index is 11.6. The molecule has 8 nitrogen and oxygen atoms in total. The molecule has 0 unspecified atom stereocenters. The van der Waals surface area contributed by atoms with Crippen LogP contribution in [0.25, 0.3) is 0 Å². The van der Waals surface area contributed by atoms with Gasteiger partial charge in [-0.3, -0.25) is 9.69 Å². The van der Waals surface area contributed by atoms with Crippen molar-refractivity contribution < 1.29 is 9.53 Å². The summed E-state index contributed by atoms with van der Waals surface area (Å²) in [6.07, 6.45) is 0.215. The van der Waals surface area contributed by atoms with Gasteiger partial charge < -0.3 is 10.1 Å². The summed E-state index contributed by atoms with van der Waals surface area (Å²) in [4.78, 5) is 13.9. The van der Waals surface area contributed by atoms with E-state index >= 15 is 0 Å². The van der Waals surface area contributed by atoms with E-state index in [0.717, 1.165) is 32.8 Å². The Morgan fingerprint density at radius 2 is 2.22 bits per heavy atom. The number of rotatable bonds is 5. The molecule has 0 saturated carbocycles. The highest BCUT2D eigenvalue weighted by molar-refractivity contribution is 5.77.